The van der Waals surface area contributed by atoms with E-state index in [1.54, 1.807) is 0 Å². The van der Waals surface area contributed by atoms with Crippen molar-refractivity contribution >= 4 is 18.1 Å². The molecule has 3 N–H and O–H groups in total. The number of hydrogen-bond acceptors (Lipinski definition) is 3. The second-order valence-corrected chi connectivity index (χ2v) is 4.80. The Hall–Kier alpha value is -1.69. The molecule has 1 rings (SSSR count). The molecule has 0 aliphatic heterocycles. The van der Waals surface area contributed by atoms with Gasteiger partial charge in [0.1, 0.15) is 0 Å². The van der Waals surface area contributed by atoms with Gasteiger partial charge in [-0.2, -0.15) is 0 Å². The summed E-state index contributed by atoms with van der Waals surface area (Å²) >= 11 is 4.84. The zero-order valence-electron chi connectivity index (χ0n) is 10.5. The Kier molecular flexibility index (Phi) is 5.03. The third-order valence-corrected chi connectivity index (χ3v) is 2.58. The summed E-state index contributed by atoms with van der Waals surface area (Å²) in [5.41, 5.74) is 1.27. The van der Waals surface area contributed by atoms with Gasteiger partial charge in [-0.05, 0) is 25.6 Å². The maximum absolute atomic E-state index is 11.7. The van der Waals surface area contributed by atoms with Crippen LogP contribution in [0, 0.1) is 10.7 Å². The average molecular weight is 267 g/mol. The van der Waals surface area contributed by atoms with Crippen LogP contribution in [-0.4, -0.2) is 15.9 Å². The van der Waals surface area contributed by atoms with E-state index in [4.69, 9.17) is 12.2 Å². The van der Waals surface area contributed by atoms with Gasteiger partial charge in [-0.3, -0.25) is 14.6 Å². The van der Waals surface area contributed by atoms with E-state index in [1.807, 2.05) is 13.8 Å². The van der Waals surface area contributed by atoms with Crippen LogP contribution in [0.3, 0.4) is 0 Å². The van der Waals surface area contributed by atoms with Crippen molar-refractivity contribution in [2.75, 3.05) is 0 Å². The van der Waals surface area contributed by atoms with E-state index in [1.165, 1.54) is 6.07 Å². The topological polar surface area (TPSA) is 77.8 Å². The number of carbonyl (C=O) groups excluding carboxylic acids is 1. The number of H-pyrrole nitrogens is 2. The molecule has 0 saturated carbocycles. The number of amides is 1. The Balaban J connectivity index is 2.59. The molecule has 1 atom stereocenters. The first-order chi connectivity index (χ1) is 8.38. The fourth-order valence-corrected chi connectivity index (χ4v) is 1.82. The zero-order chi connectivity index (χ0) is 13.7. The molecule has 6 heteroatoms. The smallest absolute Gasteiger partial charge is 0.251 e. The summed E-state index contributed by atoms with van der Waals surface area (Å²) in [5.74, 6) is -0.204. The summed E-state index contributed by atoms with van der Waals surface area (Å²) in [6.07, 6.45) is 0.650. The number of aromatic nitrogens is 2. The number of nitrogens with one attached hydrogen (secondary N) is 3. The van der Waals surface area contributed by atoms with Gasteiger partial charge < -0.3 is 10.3 Å². The van der Waals surface area contributed by atoms with E-state index < -0.39 is 0 Å². The number of aromatic amines is 2. The lowest BCUT2D eigenvalue weighted by Crippen LogP contribution is -2.29. The van der Waals surface area contributed by atoms with Crippen molar-refractivity contribution in [2.45, 2.75) is 26.8 Å². The summed E-state index contributed by atoms with van der Waals surface area (Å²) in [6.45, 7) is 7.75. The molecule has 0 fully saturated rings. The third-order valence-electron chi connectivity index (χ3n) is 2.37. The molecule has 1 aromatic heterocycles. The average Bonchev–Trinajstić information content (AvgIpc) is 2.23. The first-order valence-corrected chi connectivity index (χ1v) is 6.04. The van der Waals surface area contributed by atoms with Crippen LogP contribution in [0.4, 0.5) is 0 Å². The second kappa shape index (κ2) is 6.30. The highest BCUT2D eigenvalue weighted by atomic mass is 32.1. The lowest BCUT2D eigenvalue weighted by molar-refractivity contribution is -0.124. The summed E-state index contributed by atoms with van der Waals surface area (Å²) in [4.78, 5) is 28.1. The molecule has 1 unspecified atom stereocenters. The highest BCUT2D eigenvalue weighted by molar-refractivity contribution is 7.71. The van der Waals surface area contributed by atoms with Gasteiger partial charge in [0.05, 0.1) is 6.54 Å². The Morgan fingerprint density at radius 2 is 2.22 bits per heavy atom. The van der Waals surface area contributed by atoms with Crippen molar-refractivity contribution in [3.05, 3.63) is 39.0 Å². The molecule has 0 saturated heterocycles. The first kappa shape index (κ1) is 14.4. The number of hydrogen-bond donors (Lipinski definition) is 3. The van der Waals surface area contributed by atoms with Crippen LogP contribution in [0.1, 0.15) is 26.0 Å². The van der Waals surface area contributed by atoms with Crippen molar-refractivity contribution in [2.24, 2.45) is 5.92 Å². The molecule has 0 spiro atoms. The van der Waals surface area contributed by atoms with Gasteiger partial charge in [-0.1, -0.05) is 12.5 Å². The van der Waals surface area contributed by atoms with Gasteiger partial charge in [0.15, 0.2) is 4.77 Å². The second-order valence-electron chi connectivity index (χ2n) is 4.39. The van der Waals surface area contributed by atoms with Crippen LogP contribution in [0.5, 0.6) is 0 Å². The highest BCUT2D eigenvalue weighted by Crippen LogP contribution is 2.08. The monoisotopic (exact) mass is 267 g/mol. The molecule has 0 aromatic carbocycles. The van der Waals surface area contributed by atoms with E-state index in [2.05, 4.69) is 21.9 Å². The lowest BCUT2D eigenvalue weighted by Gasteiger charge is -2.11. The predicted molar refractivity (Wildman–Crippen MR) is 72.7 cm³/mol. The van der Waals surface area contributed by atoms with E-state index >= 15 is 0 Å². The SMILES string of the molecule is C=C(C)CC(C)C(=O)NCc1cc(=O)[nH]c(=S)[nH]1. The largest absolute Gasteiger partial charge is 0.350 e. The van der Waals surface area contributed by atoms with Gasteiger partial charge >= 0.3 is 0 Å². The minimum atomic E-state index is -0.280. The number of rotatable bonds is 5. The van der Waals surface area contributed by atoms with Gasteiger partial charge in [0.25, 0.3) is 5.56 Å². The Morgan fingerprint density at radius 3 is 2.78 bits per heavy atom. The van der Waals surface area contributed by atoms with Crippen LogP contribution in [0.25, 0.3) is 0 Å². The van der Waals surface area contributed by atoms with Gasteiger partial charge in [0.2, 0.25) is 5.91 Å². The molecule has 5 nitrogen and oxygen atoms in total. The summed E-state index contributed by atoms with van der Waals surface area (Å²) in [7, 11) is 0. The van der Waals surface area contributed by atoms with Crippen LogP contribution >= 0.6 is 12.2 Å². The number of allylic oxidation sites excluding steroid dienone is 1. The zero-order valence-corrected chi connectivity index (χ0v) is 11.3. The third kappa shape index (κ3) is 4.67. The van der Waals surface area contributed by atoms with Crippen molar-refractivity contribution in [3.8, 4) is 0 Å². The maximum atomic E-state index is 11.7. The minimum absolute atomic E-state index is 0.0717. The van der Waals surface area contributed by atoms with Crippen LogP contribution < -0.4 is 10.9 Å². The Morgan fingerprint density at radius 1 is 1.56 bits per heavy atom. The lowest BCUT2D eigenvalue weighted by atomic mass is 10.0. The highest BCUT2D eigenvalue weighted by Gasteiger charge is 2.12. The summed E-state index contributed by atoms with van der Waals surface area (Å²) in [6, 6.07) is 1.37. The van der Waals surface area contributed by atoms with Crippen molar-refractivity contribution in [3.63, 3.8) is 0 Å². The van der Waals surface area contributed by atoms with Crippen molar-refractivity contribution in [1.82, 2.24) is 15.3 Å². The molecular formula is C12H17N3O2S. The summed E-state index contributed by atoms with van der Waals surface area (Å²) < 4.78 is 0.252. The predicted octanol–water partition coefficient (Wildman–Crippen LogP) is 1.65. The molecular weight excluding hydrogens is 250 g/mol. The van der Waals surface area contributed by atoms with Crippen molar-refractivity contribution in [1.29, 1.82) is 0 Å². The first-order valence-electron chi connectivity index (χ1n) is 5.63. The van der Waals surface area contributed by atoms with E-state index in [0.29, 0.717) is 12.1 Å². The fraction of sp³-hybridized carbons (Fsp3) is 0.417. The molecule has 0 aliphatic carbocycles. The molecule has 18 heavy (non-hydrogen) atoms. The normalized spacial score (nSPS) is 11.9. The molecule has 98 valence electrons. The van der Waals surface area contributed by atoms with E-state index in [0.717, 1.165) is 5.57 Å². The van der Waals surface area contributed by atoms with Crippen LogP contribution in [-0.2, 0) is 11.3 Å². The number of carbonyl (C=O) groups is 1. The molecule has 0 radical (unpaired) electrons. The molecule has 0 aliphatic rings. The van der Waals surface area contributed by atoms with Crippen molar-refractivity contribution < 1.29 is 4.79 Å². The van der Waals surface area contributed by atoms with E-state index in [9.17, 15) is 9.59 Å². The van der Waals surface area contributed by atoms with Crippen LogP contribution in [0.15, 0.2) is 23.0 Å². The van der Waals surface area contributed by atoms with Gasteiger partial charge in [-0.15, -0.1) is 6.58 Å². The standard InChI is InChI=1S/C12H17N3O2S/c1-7(2)4-8(3)11(17)13-6-9-5-10(16)15-12(18)14-9/h5,8H,1,4,6H2,2-3H3,(H,13,17)(H2,14,15,16,18). The van der Waals surface area contributed by atoms with Crippen LogP contribution in [0.2, 0.25) is 0 Å². The minimum Gasteiger partial charge on any atom is -0.350 e. The van der Waals surface area contributed by atoms with E-state index in [-0.39, 0.29) is 28.7 Å². The molecule has 1 heterocycles. The maximum Gasteiger partial charge on any atom is 0.251 e. The fourth-order valence-electron chi connectivity index (χ4n) is 1.59. The Bertz CT molecular complexity index is 531. The Labute approximate surface area is 110 Å². The molecule has 1 aromatic rings. The molecule has 1 amide bonds. The van der Waals surface area contributed by atoms with Gasteiger partial charge in [0, 0.05) is 17.7 Å². The molecule has 0 bridgehead atoms. The van der Waals surface area contributed by atoms with Gasteiger partial charge in [-0.25, -0.2) is 0 Å². The summed E-state index contributed by atoms with van der Waals surface area (Å²) in [5, 5.41) is 2.75. The quantitative estimate of drug-likeness (QED) is 0.561.